The number of hydrogen-bond donors (Lipinski definition) is 2. The third kappa shape index (κ3) is 4.43. The number of allylic oxidation sites excluding steroid dienone is 1. The summed E-state index contributed by atoms with van der Waals surface area (Å²) in [6, 6.07) is 15.8. The van der Waals surface area contributed by atoms with E-state index < -0.39 is 4.92 Å². The van der Waals surface area contributed by atoms with Crippen LogP contribution in [0.15, 0.2) is 54.7 Å². The zero-order valence-electron chi connectivity index (χ0n) is 13.9. The molecule has 2 aromatic carbocycles. The molecule has 1 aromatic heterocycles. The van der Waals surface area contributed by atoms with Gasteiger partial charge >= 0.3 is 0 Å². The second kappa shape index (κ2) is 8.21. The smallest absolute Gasteiger partial charge is 0.296 e. The Labute approximate surface area is 153 Å². The summed E-state index contributed by atoms with van der Waals surface area (Å²) in [4.78, 5) is 10.8. The van der Waals surface area contributed by atoms with Crippen LogP contribution < -0.4 is 10.1 Å². The van der Waals surface area contributed by atoms with Crippen molar-refractivity contribution in [1.82, 2.24) is 20.6 Å². The summed E-state index contributed by atoms with van der Waals surface area (Å²) in [7, 11) is 0. The lowest BCUT2D eigenvalue weighted by Crippen LogP contribution is -2.00. The first-order valence-corrected chi connectivity index (χ1v) is 7.73. The molecule has 0 fully saturated rings. The van der Waals surface area contributed by atoms with E-state index in [1.54, 1.807) is 6.07 Å². The Balaban J connectivity index is 1.78. The SMILES string of the molecule is N#CC(=CNc1ccc(OCc2ccccc2)cc1[N+](=O)[O-])c1nn[nH]n1. The molecule has 0 aliphatic rings. The molecule has 10 heteroatoms. The van der Waals surface area contributed by atoms with E-state index in [1.807, 2.05) is 36.4 Å². The van der Waals surface area contributed by atoms with Crippen LogP contribution >= 0.6 is 0 Å². The van der Waals surface area contributed by atoms with Gasteiger partial charge in [0.25, 0.3) is 5.69 Å². The highest BCUT2D eigenvalue weighted by atomic mass is 16.6. The number of nitro benzene ring substituents is 1. The summed E-state index contributed by atoms with van der Waals surface area (Å²) >= 11 is 0. The van der Waals surface area contributed by atoms with E-state index in [-0.39, 0.29) is 22.8 Å². The van der Waals surface area contributed by atoms with Crippen LogP contribution in [0.1, 0.15) is 11.4 Å². The lowest BCUT2D eigenvalue weighted by molar-refractivity contribution is -0.384. The van der Waals surface area contributed by atoms with Crippen molar-refractivity contribution >= 4 is 16.9 Å². The van der Waals surface area contributed by atoms with Crippen LogP contribution in [0.2, 0.25) is 0 Å². The van der Waals surface area contributed by atoms with E-state index in [9.17, 15) is 10.1 Å². The first-order valence-electron chi connectivity index (χ1n) is 7.73. The Bertz CT molecular complexity index is 995. The quantitative estimate of drug-likeness (QED) is 0.370. The number of aromatic amines is 1. The normalized spacial score (nSPS) is 10.9. The molecule has 3 aromatic rings. The largest absolute Gasteiger partial charge is 0.489 e. The van der Waals surface area contributed by atoms with Gasteiger partial charge in [-0.2, -0.15) is 10.5 Å². The number of nitrogens with zero attached hydrogens (tertiary/aromatic N) is 5. The highest BCUT2D eigenvalue weighted by molar-refractivity contribution is 5.75. The number of H-pyrrole nitrogens is 1. The molecule has 0 amide bonds. The maximum atomic E-state index is 11.4. The van der Waals surface area contributed by atoms with Crippen molar-refractivity contribution in [1.29, 1.82) is 5.26 Å². The van der Waals surface area contributed by atoms with Crippen LogP contribution in [0, 0.1) is 21.4 Å². The summed E-state index contributed by atoms with van der Waals surface area (Å²) < 4.78 is 5.61. The van der Waals surface area contributed by atoms with Gasteiger partial charge in [-0.1, -0.05) is 30.3 Å². The Kier molecular flexibility index (Phi) is 5.34. The molecule has 0 unspecified atom stereocenters. The minimum Gasteiger partial charge on any atom is -0.489 e. The van der Waals surface area contributed by atoms with Gasteiger partial charge in [-0.25, -0.2) is 0 Å². The highest BCUT2D eigenvalue weighted by Gasteiger charge is 2.15. The average Bonchev–Trinajstić information content (AvgIpc) is 3.22. The lowest BCUT2D eigenvalue weighted by Gasteiger charge is -2.08. The number of tetrazole rings is 1. The zero-order chi connectivity index (χ0) is 19.1. The van der Waals surface area contributed by atoms with Crippen molar-refractivity contribution in [3.05, 3.63) is 76.2 Å². The molecule has 0 saturated heterocycles. The predicted molar refractivity (Wildman–Crippen MR) is 95.3 cm³/mol. The Morgan fingerprint density at radius 1 is 1.33 bits per heavy atom. The summed E-state index contributed by atoms with van der Waals surface area (Å²) in [5.74, 6) is 0.439. The molecule has 3 rings (SSSR count). The number of rotatable bonds is 7. The van der Waals surface area contributed by atoms with Gasteiger partial charge in [-0.15, -0.1) is 10.2 Å². The van der Waals surface area contributed by atoms with Crippen LogP contribution in [0.25, 0.3) is 5.57 Å². The van der Waals surface area contributed by atoms with Gasteiger partial charge in [0.15, 0.2) is 0 Å². The van der Waals surface area contributed by atoms with E-state index >= 15 is 0 Å². The van der Waals surface area contributed by atoms with E-state index in [2.05, 4.69) is 25.9 Å². The van der Waals surface area contributed by atoms with Crippen molar-refractivity contribution in [2.45, 2.75) is 6.61 Å². The third-order valence-electron chi connectivity index (χ3n) is 3.49. The van der Waals surface area contributed by atoms with E-state index in [1.165, 1.54) is 18.3 Å². The van der Waals surface area contributed by atoms with E-state index in [0.717, 1.165) is 5.56 Å². The number of anilines is 1. The molecule has 0 aliphatic carbocycles. The van der Waals surface area contributed by atoms with Crippen molar-refractivity contribution in [2.75, 3.05) is 5.32 Å². The van der Waals surface area contributed by atoms with Gasteiger partial charge in [0, 0.05) is 6.20 Å². The van der Waals surface area contributed by atoms with Crippen LogP contribution in [0.4, 0.5) is 11.4 Å². The van der Waals surface area contributed by atoms with Gasteiger partial charge in [-0.05, 0) is 22.9 Å². The second-order valence-electron chi connectivity index (χ2n) is 5.26. The van der Waals surface area contributed by atoms with Crippen LogP contribution in [-0.2, 0) is 6.61 Å². The zero-order valence-corrected chi connectivity index (χ0v) is 13.9. The molecule has 134 valence electrons. The minimum atomic E-state index is -0.536. The van der Waals surface area contributed by atoms with Gasteiger partial charge < -0.3 is 10.1 Å². The van der Waals surface area contributed by atoms with E-state index in [4.69, 9.17) is 10.00 Å². The second-order valence-corrected chi connectivity index (χ2v) is 5.26. The van der Waals surface area contributed by atoms with Crippen molar-refractivity contribution in [3.63, 3.8) is 0 Å². The fourth-order valence-electron chi connectivity index (χ4n) is 2.19. The standard InChI is InChI=1S/C17H13N7O3/c18-9-13(17-20-22-23-21-17)10-19-15-7-6-14(8-16(15)24(25)26)27-11-12-4-2-1-3-5-12/h1-8,10,19H,11H2,(H,20,21,22,23). The monoisotopic (exact) mass is 363 g/mol. The first kappa shape index (κ1) is 17.6. The van der Waals surface area contributed by atoms with Crippen LogP contribution in [0.3, 0.4) is 0 Å². The molecular weight excluding hydrogens is 350 g/mol. The fraction of sp³-hybridized carbons (Fsp3) is 0.0588. The van der Waals surface area contributed by atoms with Crippen molar-refractivity contribution in [3.8, 4) is 11.8 Å². The van der Waals surface area contributed by atoms with Gasteiger partial charge in [-0.3, -0.25) is 10.1 Å². The van der Waals surface area contributed by atoms with E-state index in [0.29, 0.717) is 12.4 Å². The molecule has 0 atom stereocenters. The number of nitrogens with one attached hydrogen (secondary N) is 2. The predicted octanol–water partition coefficient (Wildman–Crippen LogP) is 2.66. The Morgan fingerprint density at radius 2 is 2.15 bits per heavy atom. The van der Waals surface area contributed by atoms with Crippen LogP contribution in [0.5, 0.6) is 5.75 Å². The molecule has 0 spiro atoms. The van der Waals surface area contributed by atoms with Gasteiger partial charge in [0.2, 0.25) is 5.82 Å². The molecular formula is C17H13N7O3. The molecule has 1 heterocycles. The molecule has 10 nitrogen and oxygen atoms in total. The maximum Gasteiger partial charge on any atom is 0.296 e. The maximum absolute atomic E-state index is 11.4. The fourth-order valence-corrected chi connectivity index (χ4v) is 2.19. The Hall–Kier alpha value is -4.26. The molecule has 0 saturated carbocycles. The van der Waals surface area contributed by atoms with Crippen molar-refractivity contribution in [2.24, 2.45) is 0 Å². The number of nitro groups is 1. The summed E-state index contributed by atoms with van der Waals surface area (Å²) in [5, 5.41) is 36.2. The summed E-state index contributed by atoms with van der Waals surface area (Å²) in [5.41, 5.74) is 1.03. The number of benzene rings is 2. The van der Waals surface area contributed by atoms with Gasteiger partial charge in [0.1, 0.15) is 29.7 Å². The number of aromatic nitrogens is 4. The number of hydrogen-bond acceptors (Lipinski definition) is 8. The topological polar surface area (TPSA) is 143 Å². The summed E-state index contributed by atoms with van der Waals surface area (Å²) in [6.45, 7) is 0.293. The number of ether oxygens (including phenoxy) is 1. The highest BCUT2D eigenvalue weighted by Crippen LogP contribution is 2.30. The van der Waals surface area contributed by atoms with Crippen LogP contribution in [-0.4, -0.2) is 25.5 Å². The molecule has 0 bridgehead atoms. The molecule has 2 N–H and O–H groups in total. The Morgan fingerprint density at radius 3 is 2.81 bits per heavy atom. The lowest BCUT2D eigenvalue weighted by atomic mass is 10.2. The minimum absolute atomic E-state index is 0.0717. The van der Waals surface area contributed by atoms with Gasteiger partial charge in [0.05, 0.1) is 11.0 Å². The average molecular weight is 363 g/mol. The number of nitriles is 1. The van der Waals surface area contributed by atoms with Crippen molar-refractivity contribution < 1.29 is 9.66 Å². The first-order chi connectivity index (χ1) is 13.2. The summed E-state index contributed by atoms with van der Waals surface area (Å²) in [6.07, 6.45) is 1.28. The molecule has 0 radical (unpaired) electrons. The molecule has 27 heavy (non-hydrogen) atoms. The molecule has 0 aliphatic heterocycles. The third-order valence-corrected chi connectivity index (χ3v) is 3.49.